The van der Waals surface area contributed by atoms with Crippen molar-refractivity contribution in [1.82, 2.24) is 20.4 Å². The number of alkyl halides is 3. The Morgan fingerprint density at radius 3 is 2.69 bits per heavy atom. The Hall–Kier alpha value is -3.95. The quantitative estimate of drug-likeness (QED) is 0.489. The largest absolute Gasteiger partial charge is 0.449 e. The van der Waals surface area contributed by atoms with Crippen molar-refractivity contribution in [3.8, 4) is 17.6 Å². The van der Waals surface area contributed by atoms with Gasteiger partial charge in [-0.3, -0.25) is 19.6 Å². The molecule has 1 fully saturated rings. The minimum atomic E-state index is -5.03. The van der Waals surface area contributed by atoms with E-state index in [-0.39, 0.29) is 29.3 Å². The Balaban J connectivity index is 1.67. The van der Waals surface area contributed by atoms with Gasteiger partial charge in [-0.05, 0) is 42.3 Å². The molecule has 2 unspecified atom stereocenters. The number of carbonyl (C=O) groups is 1. The van der Waals surface area contributed by atoms with Crippen molar-refractivity contribution >= 4 is 17.5 Å². The first kappa shape index (κ1) is 25.2. The van der Waals surface area contributed by atoms with E-state index in [0.717, 1.165) is 16.7 Å². The molecule has 2 aromatic carbocycles. The first-order valence-corrected chi connectivity index (χ1v) is 10.8. The van der Waals surface area contributed by atoms with E-state index >= 15 is 0 Å². The predicted molar refractivity (Wildman–Crippen MR) is 118 cm³/mol. The fourth-order valence-corrected chi connectivity index (χ4v) is 3.97. The predicted octanol–water partition coefficient (Wildman–Crippen LogP) is 4.10. The van der Waals surface area contributed by atoms with Crippen LogP contribution in [-0.2, 0) is 17.5 Å². The van der Waals surface area contributed by atoms with Crippen LogP contribution in [0.3, 0.4) is 0 Å². The topological polar surface area (TPSA) is 109 Å². The molecule has 1 saturated heterocycles. The Labute approximate surface area is 206 Å². The number of halogens is 5. The van der Waals surface area contributed by atoms with Gasteiger partial charge in [-0.1, -0.05) is 23.7 Å². The van der Waals surface area contributed by atoms with Crippen molar-refractivity contribution in [2.45, 2.75) is 25.2 Å². The number of carbonyl (C=O) groups excluding carboxylic acids is 1. The zero-order valence-corrected chi connectivity index (χ0v) is 18.9. The fraction of sp³-hybridized carbons (Fsp3) is 0.217. The van der Waals surface area contributed by atoms with Crippen LogP contribution in [0.15, 0.2) is 53.6 Å². The summed E-state index contributed by atoms with van der Waals surface area (Å²) in [5.41, 5.74) is 2.97. The Bertz CT molecular complexity index is 1420. The first-order valence-electron chi connectivity index (χ1n) is 10.4. The molecule has 8 nitrogen and oxygen atoms in total. The molecule has 1 amide bonds. The highest BCUT2D eigenvalue weighted by Crippen LogP contribution is 2.35. The average molecular weight is 522 g/mol. The molecule has 0 radical (unpaired) electrons. The molecule has 36 heavy (non-hydrogen) atoms. The zero-order valence-electron chi connectivity index (χ0n) is 18.1. The van der Waals surface area contributed by atoms with Crippen LogP contribution in [0.5, 0.6) is 11.5 Å². The molecule has 0 aliphatic carbocycles. The van der Waals surface area contributed by atoms with Crippen molar-refractivity contribution in [2.24, 2.45) is 5.92 Å². The third-order valence-electron chi connectivity index (χ3n) is 5.41. The minimum absolute atomic E-state index is 0.00467. The highest BCUT2D eigenvalue weighted by atomic mass is 35.5. The van der Waals surface area contributed by atoms with Crippen LogP contribution in [-0.4, -0.2) is 15.5 Å². The second-order valence-electron chi connectivity index (χ2n) is 7.94. The number of hydrogen-bond donors (Lipinski definition) is 2. The average Bonchev–Trinajstić information content (AvgIpc) is 2.81. The molecule has 2 atom stereocenters. The van der Waals surface area contributed by atoms with Gasteiger partial charge in [-0.15, -0.1) is 0 Å². The number of nitrogens with zero attached hydrogens (tertiary/aromatic N) is 3. The molecule has 186 valence electrons. The molecule has 0 spiro atoms. The van der Waals surface area contributed by atoms with Crippen LogP contribution < -0.4 is 21.1 Å². The maximum atomic E-state index is 13.6. The van der Waals surface area contributed by atoms with E-state index in [1.54, 1.807) is 12.1 Å². The fourth-order valence-electron chi connectivity index (χ4n) is 3.75. The number of nitrogens with one attached hydrogen (secondary N) is 2. The Morgan fingerprint density at radius 1 is 1.22 bits per heavy atom. The maximum Gasteiger partial charge on any atom is 0.437 e. The monoisotopic (exact) mass is 521 g/mol. The van der Waals surface area contributed by atoms with E-state index in [4.69, 9.17) is 21.6 Å². The zero-order chi connectivity index (χ0) is 26.0. The molecular weight excluding hydrogens is 506 g/mol. The first-order chi connectivity index (χ1) is 17.0. The van der Waals surface area contributed by atoms with Crippen molar-refractivity contribution < 1.29 is 27.1 Å². The van der Waals surface area contributed by atoms with Crippen LogP contribution in [0.25, 0.3) is 0 Å². The maximum absolute atomic E-state index is 13.6. The lowest BCUT2D eigenvalue weighted by molar-refractivity contribution is -0.142. The summed E-state index contributed by atoms with van der Waals surface area (Å²) in [5.74, 6) is -3.25. The van der Waals surface area contributed by atoms with E-state index in [1.807, 2.05) is 0 Å². The summed E-state index contributed by atoms with van der Waals surface area (Å²) in [6.07, 6.45) is -4.22. The van der Waals surface area contributed by atoms with E-state index in [9.17, 15) is 27.2 Å². The summed E-state index contributed by atoms with van der Waals surface area (Å²) in [6.45, 7) is -0.321. The number of rotatable bonds is 5. The lowest BCUT2D eigenvalue weighted by Crippen LogP contribution is -2.51. The standard InChI is InChI=1S/C23H16ClF4N5O3/c24-15-4-12(9-29)5-17(8-15)36-19-20(23(26,27)28)30-11-33(22(19)35)10-14-7-18(31-32-21(14)34)13-2-1-3-16(25)6-13/h1-6,8,11,14,18,31H,7,10H2,(H,32,34). The van der Waals surface area contributed by atoms with Crippen LogP contribution in [0.2, 0.25) is 5.02 Å². The summed E-state index contributed by atoms with van der Waals surface area (Å²) in [5, 5.41) is 9.09. The smallest absolute Gasteiger partial charge is 0.437 e. The summed E-state index contributed by atoms with van der Waals surface area (Å²) < 4.78 is 60.5. The minimum Gasteiger partial charge on any atom is -0.449 e. The lowest BCUT2D eigenvalue weighted by atomic mass is 9.92. The van der Waals surface area contributed by atoms with E-state index < -0.39 is 46.9 Å². The van der Waals surface area contributed by atoms with Crippen LogP contribution in [0.1, 0.15) is 29.3 Å². The van der Waals surface area contributed by atoms with E-state index in [0.29, 0.717) is 11.9 Å². The molecule has 2 N–H and O–H groups in total. The SMILES string of the molecule is N#Cc1cc(Cl)cc(Oc2c(C(F)(F)F)ncn(CC3CC(c4cccc(F)c4)NNC3=O)c2=O)c1. The number of benzene rings is 2. The second kappa shape index (κ2) is 9.96. The normalized spacial score (nSPS) is 17.8. The van der Waals surface area contributed by atoms with Gasteiger partial charge < -0.3 is 4.74 Å². The van der Waals surface area contributed by atoms with Gasteiger partial charge in [0.15, 0.2) is 5.69 Å². The number of hydrogen-bond acceptors (Lipinski definition) is 6. The van der Waals surface area contributed by atoms with Gasteiger partial charge in [0.25, 0.3) is 5.56 Å². The van der Waals surface area contributed by atoms with Gasteiger partial charge in [-0.2, -0.15) is 18.4 Å². The number of aromatic nitrogens is 2. The van der Waals surface area contributed by atoms with E-state index in [2.05, 4.69) is 15.8 Å². The van der Waals surface area contributed by atoms with Crippen molar-refractivity contribution in [3.05, 3.63) is 86.8 Å². The molecule has 1 aromatic heterocycles. The number of nitriles is 1. The van der Waals surface area contributed by atoms with Gasteiger partial charge >= 0.3 is 6.18 Å². The highest BCUT2D eigenvalue weighted by Gasteiger charge is 2.39. The molecule has 1 aliphatic heterocycles. The van der Waals surface area contributed by atoms with Crippen LogP contribution in [0, 0.1) is 23.1 Å². The third kappa shape index (κ3) is 5.48. The van der Waals surface area contributed by atoms with E-state index in [1.165, 1.54) is 24.3 Å². The lowest BCUT2D eigenvalue weighted by Gasteiger charge is -2.30. The molecular formula is C23H16ClF4N5O3. The molecule has 0 bridgehead atoms. The summed E-state index contributed by atoms with van der Waals surface area (Å²) in [4.78, 5) is 28.9. The van der Waals surface area contributed by atoms with Gasteiger partial charge in [0, 0.05) is 11.6 Å². The van der Waals surface area contributed by atoms with Gasteiger partial charge in [0.05, 0.1) is 29.9 Å². The molecule has 1 aliphatic rings. The van der Waals surface area contributed by atoms with Crippen molar-refractivity contribution in [1.29, 1.82) is 5.26 Å². The van der Waals surface area contributed by atoms with Gasteiger partial charge in [-0.25, -0.2) is 14.8 Å². The van der Waals surface area contributed by atoms with Crippen LogP contribution in [0.4, 0.5) is 17.6 Å². The second-order valence-corrected chi connectivity index (χ2v) is 8.38. The van der Waals surface area contributed by atoms with Crippen molar-refractivity contribution in [3.63, 3.8) is 0 Å². The van der Waals surface area contributed by atoms with Gasteiger partial charge in [0.1, 0.15) is 11.6 Å². The van der Waals surface area contributed by atoms with Crippen molar-refractivity contribution in [2.75, 3.05) is 0 Å². The molecule has 2 heterocycles. The number of ether oxygens (including phenoxy) is 1. The molecule has 4 rings (SSSR count). The summed E-state index contributed by atoms with van der Waals surface area (Å²) >= 11 is 5.89. The summed E-state index contributed by atoms with van der Waals surface area (Å²) in [6, 6.07) is 10.5. The number of amides is 1. The summed E-state index contributed by atoms with van der Waals surface area (Å²) in [7, 11) is 0. The Kier molecular flexibility index (Phi) is 6.96. The third-order valence-corrected chi connectivity index (χ3v) is 5.63. The Morgan fingerprint density at radius 2 is 2.00 bits per heavy atom. The van der Waals surface area contributed by atoms with Crippen LogP contribution >= 0.6 is 11.6 Å². The molecule has 13 heteroatoms. The van der Waals surface area contributed by atoms with Gasteiger partial charge in [0.2, 0.25) is 11.7 Å². The molecule has 0 saturated carbocycles. The highest BCUT2D eigenvalue weighted by molar-refractivity contribution is 6.30. The number of hydrazine groups is 1. The molecule has 3 aromatic rings.